The van der Waals surface area contributed by atoms with Gasteiger partial charge in [-0.3, -0.25) is 9.52 Å². The highest BCUT2D eigenvalue weighted by atomic mass is 32.2. The molecule has 0 bridgehead atoms. The van der Waals surface area contributed by atoms with Crippen molar-refractivity contribution in [2.45, 2.75) is 24.8 Å². The van der Waals surface area contributed by atoms with Gasteiger partial charge in [0.1, 0.15) is 6.04 Å². The van der Waals surface area contributed by atoms with Gasteiger partial charge in [0.05, 0.1) is 21.8 Å². The predicted molar refractivity (Wildman–Crippen MR) is 106 cm³/mol. The summed E-state index contributed by atoms with van der Waals surface area (Å²) in [5.74, 6) is -0.799. The van der Waals surface area contributed by atoms with Crippen molar-refractivity contribution < 1.29 is 18.1 Å². The van der Waals surface area contributed by atoms with Gasteiger partial charge in [0, 0.05) is 17.3 Å². The summed E-state index contributed by atoms with van der Waals surface area (Å²) < 4.78 is 28.3. The van der Waals surface area contributed by atoms with E-state index in [2.05, 4.69) is 20.1 Å². The third-order valence-corrected chi connectivity index (χ3v) is 6.10. The van der Waals surface area contributed by atoms with E-state index < -0.39 is 26.9 Å². The minimum atomic E-state index is -3.79. The zero-order valence-electron chi connectivity index (χ0n) is 15.3. The number of benzene rings is 1. The van der Waals surface area contributed by atoms with E-state index in [1.165, 1.54) is 41.2 Å². The van der Waals surface area contributed by atoms with E-state index in [1.807, 2.05) is 0 Å². The number of sulfonamides is 1. The Balaban J connectivity index is 1.70. The fourth-order valence-corrected chi connectivity index (χ4v) is 4.26. The first-order valence-corrected chi connectivity index (χ1v) is 10.6. The Morgan fingerprint density at radius 2 is 2.00 bits per heavy atom. The number of amides is 1. The minimum Gasteiger partial charge on any atom is -0.358 e. The number of nitro groups is 1. The second-order valence-corrected chi connectivity index (χ2v) is 8.55. The van der Waals surface area contributed by atoms with Gasteiger partial charge in [0.25, 0.3) is 15.9 Å². The molecule has 0 saturated heterocycles. The molecule has 1 aromatic carbocycles. The number of hydrogen-bond donors (Lipinski definition) is 2. The highest BCUT2D eigenvalue weighted by Gasteiger charge is 2.25. The molecule has 152 valence electrons. The molecule has 13 heteroatoms. The lowest BCUT2D eigenvalue weighted by molar-refractivity contribution is -0.389. The first-order chi connectivity index (χ1) is 13.7. The molecule has 11 nitrogen and oxygen atoms in total. The number of aromatic nitrogens is 3. The Kier molecular flexibility index (Phi) is 5.61. The molecule has 0 radical (unpaired) electrons. The van der Waals surface area contributed by atoms with Crippen LogP contribution in [0.3, 0.4) is 0 Å². The summed E-state index contributed by atoms with van der Waals surface area (Å²) in [6.07, 6.45) is 1.48. The van der Waals surface area contributed by atoms with E-state index in [4.69, 9.17) is 0 Å². The number of aryl methyl sites for hydroxylation is 1. The van der Waals surface area contributed by atoms with Crippen LogP contribution in [0.25, 0.3) is 0 Å². The summed E-state index contributed by atoms with van der Waals surface area (Å²) >= 11 is 1.15. The standard InChI is InChI=1S/C16H16N6O5S2/c1-10-9-14(22(24)25)19-21(10)11(2)15(23)18-12-3-5-13(6-4-12)29(26,27)20-16-17-7-8-28-16/h3-9,11H,1-2H3,(H,17,20)(H,18,23). The van der Waals surface area contributed by atoms with Crippen molar-refractivity contribution >= 4 is 43.9 Å². The molecule has 2 aromatic heterocycles. The molecule has 0 fully saturated rings. The van der Waals surface area contributed by atoms with Crippen LogP contribution in [0.5, 0.6) is 0 Å². The molecular weight excluding hydrogens is 420 g/mol. The minimum absolute atomic E-state index is 0.0114. The Labute approximate surface area is 169 Å². The van der Waals surface area contributed by atoms with Crippen LogP contribution in [0.15, 0.2) is 46.8 Å². The lowest BCUT2D eigenvalue weighted by Crippen LogP contribution is -2.25. The second kappa shape index (κ2) is 7.97. The van der Waals surface area contributed by atoms with Crippen molar-refractivity contribution in [3.63, 3.8) is 0 Å². The predicted octanol–water partition coefficient (Wildman–Crippen LogP) is 2.56. The largest absolute Gasteiger partial charge is 0.390 e. The molecule has 0 aliphatic carbocycles. The van der Waals surface area contributed by atoms with E-state index in [9.17, 15) is 23.3 Å². The first kappa shape index (κ1) is 20.4. The van der Waals surface area contributed by atoms with Crippen LogP contribution < -0.4 is 10.0 Å². The number of anilines is 2. The van der Waals surface area contributed by atoms with Gasteiger partial charge in [0.15, 0.2) is 5.13 Å². The Morgan fingerprint density at radius 3 is 2.55 bits per heavy atom. The third-order valence-electron chi connectivity index (χ3n) is 3.93. The van der Waals surface area contributed by atoms with E-state index in [-0.39, 0.29) is 15.8 Å². The molecule has 0 saturated carbocycles. The molecule has 3 rings (SSSR count). The van der Waals surface area contributed by atoms with Gasteiger partial charge >= 0.3 is 5.82 Å². The molecular formula is C16H16N6O5S2. The molecule has 3 aromatic rings. The quantitative estimate of drug-likeness (QED) is 0.427. The second-order valence-electron chi connectivity index (χ2n) is 5.98. The Bertz CT molecular complexity index is 1140. The summed E-state index contributed by atoms with van der Waals surface area (Å²) in [4.78, 5) is 26.5. The zero-order valence-corrected chi connectivity index (χ0v) is 16.9. The van der Waals surface area contributed by atoms with Crippen molar-refractivity contribution in [3.8, 4) is 0 Å². The monoisotopic (exact) mass is 436 g/mol. The lowest BCUT2D eigenvalue weighted by atomic mass is 10.2. The highest BCUT2D eigenvalue weighted by molar-refractivity contribution is 7.93. The molecule has 2 N–H and O–H groups in total. The molecule has 0 aliphatic heterocycles. The maximum absolute atomic E-state index is 12.5. The third kappa shape index (κ3) is 4.57. The van der Waals surface area contributed by atoms with Crippen LogP contribution in [0.2, 0.25) is 0 Å². The number of carbonyl (C=O) groups excluding carboxylic acids is 1. The van der Waals surface area contributed by atoms with E-state index in [1.54, 1.807) is 19.2 Å². The van der Waals surface area contributed by atoms with Crippen LogP contribution in [-0.2, 0) is 14.8 Å². The van der Waals surface area contributed by atoms with Crippen LogP contribution in [0, 0.1) is 17.0 Å². The van der Waals surface area contributed by atoms with Gasteiger partial charge in [0.2, 0.25) is 0 Å². The van der Waals surface area contributed by atoms with Crippen molar-refractivity contribution in [3.05, 3.63) is 57.7 Å². The molecule has 1 unspecified atom stereocenters. The van der Waals surface area contributed by atoms with Gasteiger partial charge in [-0.25, -0.2) is 13.4 Å². The van der Waals surface area contributed by atoms with Gasteiger partial charge in [-0.1, -0.05) is 0 Å². The fraction of sp³-hybridized carbons (Fsp3) is 0.188. The first-order valence-electron chi connectivity index (χ1n) is 8.21. The lowest BCUT2D eigenvalue weighted by Gasteiger charge is -2.12. The maximum Gasteiger partial charge on any atom is 0.390 e. The average Bonchev–Trinajstić information content (AvgIpc) is 3.30. The normalized spacial score (nSPS) is 12.3. The number of thiazole rings is 1. The van der Waals surface area contributed by atoms with Crippen LogP contribution >= 0.6 is 11.3 Å². The summed E-state index contributed by atoms with van der Waals surface area (Å²) in [5, 5.41) is 19.2. The molecule has 0 spiro atoms. The molecule has 2 heterocycles. The number of carbonyl (C=O) groups is 1. The smallest absolute Gasteiger partial charge is 0.358 e. The zero-order chi connectivity index (χ0) is 21.2. The average molecular weight is 436 g/mol. The maximum atomic E-state index is 12.5. The highest BCUT2D eigenvalue weighted by Crippen LogP contribution is 2.21. The van der Waals surface area contributed by atoms with Gasteiger partial charge in [-0.2, -0.15) is 4.68 Å². The summed E-state index contributed by atoms with van der Waals surface area (Å²) in [5.41, 5.74) is 0.836. The summed E-state index contributed by atoms with van der Waals surface area (Å²) in [6, 6.07) is 6.05. The number of rotatable bonds is 7. The molecule has 0 aliphatic rings. The Hall–Kier alpha value is -3.32. The van der Waals surface area contributed by atoms with E-state index in [0.717, 1.165) is 11.3 Å². The molecule has 1 atom stereocenters. The number of nitrogens with zero attached hydrogens (tertiary/aromatic N) is 4. The summed E-state index contributed by atoms with van der Waals surface area (Å²) in [6.45, 7) is 3.16. The number of nitrogens with one attached hydrogen (secondary N) is 2. The van der Waals surface area contributed by atoms with Gasteiger partial charge in [-0.15, -0.1) is 11.3 Å². The number of hydrogen-bond acceptors (Lipinski definition) is 8. The van der Waals surface area contributed by atoms with Crippen molar-refractivity contribution in [2.75, 3.05) is 10.0 Å². The SMILES string of the molecule is Cc1cc([N+](=O)[O-])nn1C(C)C(=O)Nc1ccc(S(=O)(=O)Nc2nccs2)cc1. The van der Waals surface area contributed by atoms with E-state index >= 15 is 0 Å². The molecule has 29 heavy (non-hydrogen) atoms. The van der Waals surface area contributed by atoms with Crippen molar-refractivity contribution in [1.29, 1.82) is 0 Å². The Morgan fingerprint density at radius 1 is 1.31 bits per heavy atom. The summed E-state index contributed by atoms with van der Waals surface area (Å²) in [7, 11) is -3.79. The van der Waals surface area contributed by atoms with Crippen molar-refractivity contribution in [2.24, 2.45) is 0 Å². The van der Waals surface area contributed by atoms with Gasteiger partial charge in [-0.05, 0) is 43.0 Å². The van der Waals surface area contributed by atoms with Crippen LogP contribution in [-0.4, -0.2) is 34.0 Å². The fourth-order valence-electron chi connectivity index (χ4n) is 2.48. The van der Waals surface area contributed by atoms with Crippen LogP contribution in [0.4, 0.5) is 16.6 Å². The topological polar surface area (TPSA) is 149 Å². The van der Waals surface area contributed by atoms with Crippen molar-refractivity contribution in [1.82, 2.24) is 14.8 Å². The van der Waals surface area contributed by atoms with Crippen LogP contribution in [0.1, 0.15) is 18.7 Å². The van der Waals surface area contributed by atoms with Gasteiger partial charge < -0.3 is 15.4 Å². The van der Waals surface area contributed by atoms with E-state index in [0.29, 0.717) is 11.4 Å². The molecule has 1 amide bonds.